The number of nitrogens with zero attached hydrogens (tertiary/aromatic N) is 3. The van der Waals surface area contributed by atoms with Gasteiger partial charge in [0.2, 0.25) is 5.95 Å². The van der Waals surface area contributed by atoms with E-state index in [2.05, 4.69) is 25.5 Å². The van der Waals surface area contributed by atoms with Crippen molar-refractivity contribution in [2.45, 2.75) is 19.9 Å². The molecule has 2 N–H and O–H groups in total. The van der Waals surface area contributed by atoms with Crippen LogP contribution in [-0.4, -0.2) is 48.2 Å². The average Bonchev–Trinajstić information content (AvgIpc) is 2.62. The number of anilines is 3. The maximum absolute atomic E-state index is 12.6. The normalized spacial score (nSPS) is 14.4. The highest BCUT2D eigenvalue weighted by molar-refractivity contribution is 6.04. The van der Waals surface area contributed by atoms with Crippen molar-refractivity contribution in [1.82, 2.24) is 9.97 Å². The largest absolute Gasteiger partial charge is 0.378 e. The molecule has 1 fully saturated rings. The number of rotatable bonds is 5. The minimum atomic E-state index is -0.255. The Morgan fingerprint density at radius 3 is 2.72 bits per heavy atom. The second-order valence-electron chi connectivity index (χ2n) is 6.14. The van der Waals surface area contributed by atoms with Gasteiger partial charge in [0.15, 0.2) is 0 Å². The number of para-hydroxylation sites is 2. The lowest BCUT2D eigenvalue weighted by Crippen LogP contribution is -2.36. The summed E-state index contributed by atoms with van der Waals surface area (Å²) in [7, 11) is 0. The van der Waals surface area contributed by atoms with Gasteiger partial charge in [-0.05, 0) is 32.0 Å². The SMILES string of the molecule is CC(C)Nc1nccc(C(=O)Nc2ccccc2N2CCOCC2)n1. The van der Waals surface area contributed by atoms with E-state index >= 15 is 0 Å². The number of amides is 1. The van der Waals surface area contributed by atoms with E-state index in [0.717, 1.165) is 24.5 Å². The molecule has 0 radical (unpaired) electrons. The summed E-state index contributed by atoms with van der Waals surface area (Å²) in [5.74, 6) is 0.194. The number of benzene rings is 1. The first-order chi connectivity index (χ1) is 12.1. The molecule has 1 aliphatic rings. The van der Waals surface area contributed by atoms with Gasteiger partial charge in [-0.1, -0.05) is 12.1 Å². The fourth-order valence-electron chi connectivity index (χ4n) is 2.66. The first-order valence-electron chi connectivity index (χ1n) is 8.46. The van der Waals surface area contributed by atoms with Crippen LogP contribution in [0.2, 0.25) is 0 Å². The van der Waals surface area contributed by atoms with Crippen molar-refractivity contribution in [3.8, 4) is 0 Å². The van der Waals surface area contributed by atoms with Gasteiger partial charge in [-0.3, -0.25) is 4.79 Å². The molecular formula is C18H23N5O2. The highest BCUT2D eigenvalue weighted by Crippen LogP contribution is 2.26. The summed E-state index contributed by atoms with van der Waals surface area (Å²) in [4.78, 5) is 23.2. The Bertz CT molecular complexity index is 729. The Balaban J connectivity index is 1.77. The smallest absolute Gasteiger partial charge is 0.274 e. The molecule has 0 spiro atoms. The minimum Gasteiger partial charge on any atom is -0.378 e. The van der Waals surface area contributed by atoms with Crippen LogP contribution in [0.4, 0.5) is 17.3 Å². The number of hydrogen-bond acceptors (Lipinski definition) is 6. The van der Waals surface area contributed by atoms with E-state index in [9.17, 15) is 4.79 Å². The third kappa shape index (κ3) is 4.45. The lowest BCUT2D eigenvalue weighted by Gasteiger charge is -2.30. The summed E-state index contributed by atoms with van der Waals surface area (Å²) in [5, 5.41) is 6.07. The predicted molar refractivity (Wildman–Crippen MR) is 98.2 cm³/mol. The van der Waals surface area contributed by atoms with Crippen molar-refractivity contribution in [3.63, 3.8) is 0 Å². The zero-order valence-electron chi connectivity index (χ0n) is 14.5. The van der Waals surface area contributed by atoms with Gasteiger partial charge in [-0.2, -0.15) is 0 Å². The Kier molecular flexibility index (Phi) is 5.45. The quantitative estimate of drug-likeness (QED) is 0.869. The second kappa shape index (κ2) is 7.94. The summed E-state index contributed by atoms with van der Waals surface area (Å²) < 4.78 is 5.40. The number of morpholine rings is 1. The molecule has 1 aliphatic heterocycles. The number of aromatic nitrogens is 2. The van der Waals surface area contributed by atoms with Crippen LogP contribution >= 0.6 is 0 Å². The molecule has 0 bridgehead atoms. The lowest BCUT2D eigenvalue weighted by molar-refractivity contribution is 0.102. The van der Waals surface area contributed by atoms with Gasteiger partial charge in [0.25, 0.3) is 5.91 Å². The number of ether oxygens (including phenoxy) is 1. The Morgan fingerprint density at radius 1 is 1.20 bits per heavy atom. The van der Waals surface area contributed by atoms with Crippen molar-refractivity contribution in [1.29, 1.82) is 0 Å². The Morgan fingerprint density at radius 2 is 1.96 bits per heavy atom. The van der Waals surface area contributed by atoms with Gasteiger partial charge >= 0.3 is 0 Å². The number of carbonyl (C=O) groups is 1. The highest BCUT2D eigenvalue weighted by Gasteiger charge is 2.17. The molecule has 0 unspecified atom stereocenters. The number of hydrogen-bond donors (Lipinski definition) is 2. The van der Waals surface area contributed by atoms with Gasteiger partial charge in [-0.25, -0.2) is 9.97 Å². The molecule has 2 heterocycles. The Labute approximate surface area is 147 Å². The topological polar surface area (TPSA) is 79.4 Å². The maximum atomic E-state index is 12.6. The fraction of sp³-hybridized carbons (Fsp3) is 0.389. The highest BCUT2D eigenvalue weighted by atomic mass is 16.5. The van der Waals surface area contributed by atoms with Crippen LogP contribution in [0.3, 0.4) is 0 Å². The van der Waals surface area contributed by atoms with E-state index in [-0.39, 0.29) is 11.9 Å². The molecule has 0 atom stereocenters. The van der Waals surface area contributed by atoms with Gasteiger partial charge in [0.05, 0.1) is 24.6 Å². The summed E-state index contributed by atoms with van der Waals surface area (Å²) in [6.07, 6.45) is 1.58. The van der Waals surface area contributed by atoms with Crippen LogP contribution in [0, 0.1) is 0 Å². The van der Waals surface area contributed by atoms with Crippen LogP contribution in [-0.2, 0) is 4.74 Å². The van der Waals surface area contributed by atoms with E-state index in [0.29, 0.717) is 24.9 Å². The van der Waals surface area contributed by atoms with Crippen molar-refractivity contribution < 1.29 is 9.53 Å². The van der Waals surface area contributed by atoms with Crippen molar-refractivity contribution in [3.05, 3.63) is 42.2 Å². The maximum Gasteiger partial charge on any atom is 0.274 e. The monoisotopic (exact) mass is 341 g/mol. The molecule has 7 nitrogen and oxygen atoms in total. The Hall–Kier alpha value is -2.67. The second-order valence-corrected chi connectivity index (χ2v) is 6.14. The minimum absolute atomic E-state index is 0.195. The lowest BCUT2D eigenvalue weighted by atomic mass is 10.2. The molecule has 1 saturated heterocycles. The average molecular weight is 341 g/mol. The number of carbonyl (C=O) groups excluding carboxylic acids is 1. The van der Waals surface area contributed by atoms with Crippen LogP contribution in [0.25, 0.3) is 0 Å². The molecular weight excluding hydrogens is 318 g/mol. The molecule has 1 aromatic carbocycles. The van der Waals surface area contributed by atoms with Crippen LogP contribution < -0.4 is 15.5 Å². The van der Waals surface area contributed by atoms with E-state index in [1.165, 1.54) is 0 Å². The van der Waals surface area contributed by atoms with E-state index in [4.69, 9.17) is 4.74 Å². The summed E-state index contributed by atoms with van der Waals surface area (Å²) >= 11 is 0. The van der Waals surface area contributed by atoms with Gasteiger partial charge in [0.1, 0.15) is 5.69 Å². The molecule has 1 aromatic heterocycles. The zero-order chi connectivity index (χ0) is 17.6. The van der Waals surface area contributed by atoms with Gasteiger partial charge in [-0.15, -0.1) is 0 Å². The molecule has 3 rings (SSSR count). The van der Waals surface area contributed by atoms with Crippen molar-refractivity contribution >= 4 is 23.2 Å². The molecule has 7 heteroatoms. The molecule has 25 heavy (non-hydrogen) atoms. The predicted octanol–water partition coefficient (Wildman–Crippen LogP) is 2.39. The molecule has 1 amide bonds. The van der Waals surface area contributed by atoms with Crippen molar-refractivity contribution in [2.24, 2.45) is 0 Å². The van der Waals surface area contributed by atoms with Crippen molar-refractivity contribution in [2.75, 3.05) is 41.8 Å². The molecule has 0 saturated carbocycles. The summed E-state index contributed by atoms with van der Waals surface area (Å²) in [6, 6.07) is 9.59. The van der Waals surface area contributed by atoms with Crippen LogP contribution in [0.5, 0.6) is 0 Å². The van der Waals surface area contributed by atoms with Gasteiger partial charge in [0, 0.05) is 25.3 Å². The molecule has 0 aliphatic carbocycles. The first kappa shape index (κ1) is 17.2. The van der Waals surface area contributed by atoms with E-state index in [1.54, 1.807) is 12.3 Å². The van der Waals surface area contributed by atoms with Crippen LogP contribution in [0.15, 0.2) is 36.5 Å². The third-order valence-electron chi connectivity index (χ3n) is 3.81. The van der Waals surface area contributed by atoms with Crippen LogP contribution in [0.1, 0.15) is 24.3 Å². The molecule has 2 aromatic rings. The summed E-state index contributed by atoms with van der Waals surface area (Å²) in [5.41, 5.74) is 2.09. The zero-order valence-corrected chi connectivity index (χ0v) is 14.5. The van der Waals surface area contributed by atoms with Gasteiger partial charge < -0.3 is 20.3 Å². The summed E-state index contributed by atoms with van der Waals surface area (Å²) in [6.45, 7) is 6.99. The standard InChI is InChI=1S/C18H23N5O2/c1-13(2)20-18-19-8-7-15(22-18)17(24)21-14-5-3-4-6-16(14)23-9-11-25-12-10-23/h3-8,13H,9-12H2,1-2H3,(H,21,24)(H,19,20,22). The van der Waals surface area contributed by atoms with E-state index in [1.807, 2.05) is 38.1 Å². The fourth-order valence-corrected chi connectivity index (χ4v) is 2.66. The number of nitrogens with one attached hydrogen (secondary N) is 2. The van der Waals surface area contributed by atoms with E-state index < -0.39 is 0 Å². The first-order valence-corrected chi connectivity index (χ1v) is 8.46. The molecule has 132 valence electrons. The third-order valence-corrected chi connectivity index (χ3v) is 3.81.